The van der Waals surface area contributed by atoms with E-state index in [1.807, 2.05) is 27.0 Å². The summed E-state index contributed by atoms with van der Waals surface area (Å²) in [5.74, 6) is 0.324. The lowest BCUT2D eigenvalue weighted by molar-refractivity contribution is 0.954. The van der Waals surface area contributed by atoms with Gasteiger partial charge in [0.05, 0.1) is 5.71 Å². The van der Waals surface area contributed by atoms with Crippen molar-refractivity contribution >= 4 is 11.5 Å². The Bertz CT molecular complexity index is 605. The fourth-order valence-corrected chi connectivity index (χ4v) is 1.82. The number of hydrogen-bond donors (Lipinski definition) is 3. The van der Waals surface area contributed by atoms with Gasteiger partial charge in [-0.3, -0.25) is 20.4 Å². The Balaban J connectivity index is 3.34. The van der Waals surface area contributed by atoms with Gasteiger partial charge in [-0.25, -0.2) is 0 Å². The lowest BCUT2D eigenvalue weighted by atomic mass is 10.0. The molecule has 0 spiro atoms. The highest BCUT2D eigenvalue weighted by Gasteiger charge is 2.09. The third kappa shape index (κ3) is 3.19. The third-order valence-corrected chi connectivity index (χ3v) is 3.11. The molecule has 0 fully saturated rings. The minimum Gasteiger partial charge on any atom is -0.391 e. The first-order valence-corrected chi connectivity index (χ1v) is 6.08. The highest BCUT2D eigenvalue weighted by Crippen LogP contribution is 2.10. The van der Waals surface area contributed by atoms with Crippen molar-refractivity contribution in [2.75, 3.05) is 14.1 Å². The Morgan fingerprint density at radius 3 is 2.37 bits per heavy atom. The summed E-state index contributed by atoms with van der Waals surface area (Å²) in [6, 6.07) is 3.61. The molecule has 0 bridgehead atoms. The standard InChI is InChI=1S/C14H21N5/c1-9(10(2)17-4)14(18-5)12-6-7-19(11(3)15)13(16)8-12/h6-8,15-17H,1-5H3/b10-9+,15-11?,16-13?,18-14+. The van der Waals surface area contributed by atoms with Gasteiger partial charge in [-0.05, 0) is 38.5 Å². The Hall–Kier alpha value is -2.17. The lowest BCUT2D eigenvalue weighted by Crippen LogP contribution is -2.25. The van der Waals surface area contributed by atoms with Gasteiger partial charge < -0.3 is 5.32 Å². The van der Waals surface area contributed by atoms with Crippen LogP contribution in [0.25, 0.3) is 0 Å². The van der Waals surface area contributed by atoms with E-state index in [1.165, 1.54) is 4.57 Å². The van der Waals surface area contributed by atoms with Crippen LogP contribution in [0.15, 0.2) is 34.6 Å². The molecule has 3 N–H and O–H groups in total. The molecular formula is C14H21N5. The van der Waals surface area contributed by atoms with Crippen molar-refractivity contribution in [2.24, 2.45) is 4.99 Å². The number of pyridine rings is 1. The average Bonchev–Trinajstić information content (AvgIpc) is 2.38. The molecule has 0 amide bonds. The quantitative estimate of drug-likeness (QED) is 0.561. The van der Waals surface area contributed by atoms with Gasteiger partial charge in [0.15, 0.2) is 0 Å². The van der Waals surface area contributed by atoms with E-state index in [0.717, 1.165) is 22.5 Å². The highest BCUT2D eigenvalue weighted by molar-refractivity contribution is 6.12. The summed E-state index contributed by atoms with van der Waals surface area (Å²) >= 11 is 0. The van der Waals surface area contributed by atoms with Crippen LogP contribution in [0.5, 0.6) is 0 Å². The van der Waals surface area contributed by atoms with E-state index in [4.69, 9.17) is 10.8 Å². The molecular weight excluding hydrogens is 238 g/mol. The predicted octanol–water partition coefficient (Wildman–Crippen LogP) is 1.75. The van der Waals surface area contributed by atoms with Crippen molar-refractivity contribution in [3.8, 4) is 0 Å². The van der Waals surface area contributed by atoms with Gasteiger partial charge in [-0.2, -0.15) is 0 Å². The largest absolute Gasteiger partial charge is 0.391 e. The lowest BCUT2D eigenvalue weighted by Gasteiger charge is -2.12. The summed E-state index contributed by atoms with van der Waals surface area (Å²) in [6.45, 7) is 5.65. The number of allylic oxidation sites excluding steroid dienone is 2. The Labute approximate surface area is 113 Å². The van der Waals surface area contributed by atoms with Gasteiger partial charge in [-0.15, -0.1) is 0 Å². The van der Waals surface area contributed by atoms with Crippen molar-refractivity contribution in [1.29, 1.82) is 10.8 Å². The molecule has 5 heteroatoms. The van der Waals surface area contributed by atoms with Crippen LogP contribution in [0.1, 0.15) is 26.3 Å². The normalized spacial score (nSPS) is 13.0. The van der Waals surface area contributed by atoms with E-state index in [9.17, 15) is 0 Å². The topological polar surface area (TPSA) is 77.0 Å². The van der Waals surface area contributed by atoms with E-state index in [0.29, 0.717) is 5.84 Å². The van der Waals surface area contributed by atoms with Crippen LogP contribution in [0, 0.1) is 10.8 Å². The Morgan fingerprint density at radius 2 is 1.95 bits per heavy atom. The molecule has 1 aromatic rings. The first kappa shape index (κ1) is 14.9. The zero-order chi connectivity index (χ0) is 14.6. The minimum atomic E-state index is 0.279. The number of aromatic nitrogens is 1. The number of nitrogens with one attached hydrogen (secondary N) is 3. The maximum atomic E-state index is 7.94. The maximum absolute atomic E-state index is 7.94. The second kappa shape index (κ2) is 6.13. The van der Waals surface area contributed by atoms with E-state index >= 15 is 0 Å². The number of hydrogen-bond acceptors (Lipinski definition) is 4. The molecule has 0 aromatic carbocycles. The van der Waals surface area contributed by atoms with Crippen LogP contribution in [0.4, 0.5) is 0 Å². The second-order valence-corrected chi connectivity index (χ2v) is 4.33. The predicted molar refractivity (Wildman–Crippen MR) is 79.0 cm³/mol. The zero-order valence-electron chi connectivity index (χ0n) is 12.1. The van der Waals surface area contributed by atoms with Gasteiger partial charge >= 0.3 is 0 Å². The molecule has 1 rings (SSSR count). The fourth-order valence-electron chi connectivity index (χ4n) is 1.82. The van der Waals surface area contributed by atoms with Gasteiger partial charge in [0.25, 0.3) is 0 Å². The van der Waals surface area contributed by atoms with Crippen LogP contribution < -0.4 is 10.8 Å². The van der Waals surface area contributed by atoms with Crippen LogP contribution >= 0.6 is 0 Å². The molecule has 0 saturated carbocycles. The smallest absolute Gasteiger partial charge is 0.130 e. The summed E-state index contributed by atoms with van der Waals surface area (Å²) < 4.78 is 1.51. The Kier molecular flexibility index (Phi) is 4.80. The summed E-state index contributed by atoms with van der Waals surface area (Å²) in [4.78, 5) is 4.32. The van der Waals surface area contributed by atoms with Crippen molar-refractivity contribution < 1.29 is 0 Å². The zero-order valence-corrected chi connectivity index (χ0v) is 12.1. The molecule has 0 atom stereocenters. The fraction of sp³-hybridized carbons (Fsp3) is 0.357. The van der Waals surface area contributed by atoms with Gasteiger partial charge in [0.2, 0.25) is 0 Å². The molecule has 1 heterocycles. The summed E-state index contributed by atoms with van der Waals surface area (Å²) in [7, 11) is 3.62. The Morgan fingerprint density at radius 1 is 1.32 bits per heavy atom. The summed E-state index contributed by atoms with van der Waals surface area (Å²) in [5, 5.41) is 18.6. The van der Waals surface area contributed by atoms with E-state index < -0.39 is 0 Å². The van der Waals surface area contributed by atoms with E-state index in [-0.39, 0.29) is 5.49 Å². The van der Waals surface area contributed by atoms with Crippen LogP contribution in [0.2, 0.25) is 0 Å². The van der Waals surface area contributed by atoms with Gasteiger partial charge in [0, 0.05) is 31.6 Å². The SMILES string of the molecule is C/N=C(\C(C)=C(/C)NC)c1ccn(C(C)=N)c(=N)c1. The highest BCUT2D eigenvalue weighted by atomic mass is 15.0. The maximum Gasteiger partial charge on any atom is 0.130 e. The van der Waals surface area contributed by atoms with Gasteiger partial charge in [-0.1, -0.05) is 0 Å². The molecule has 0 radical (unpaired) electrons. The minimum absolute atomic E-state index is 0.279. The molecule has 5 nitrogen and oxygen atoms in total. The van der Waals surface area contributed by atoms with Crippen LogP contribution in [-0.4, -0.2) is 30.2 Å². The van der Waals surface area contributed by atoms with Crippen molar-refractivity contribution in [3.63, 3.8) is 0 Å². The van der Waals surface area contributed by atoms with Crippen LogP contribution in [-0.2, 0) is 0 Å². The number of aliphatic imine (C=N–C) groups is 1. The summed E-state index contributed by atoms with van der Waals surface area (Å²) in [6.07, 6.45) is 1.73. The number of nitrogens with zero attached hydrogens (tertiary/aromatic N) is 2. The molecule has 102 valence electrons. The molecule has 0 aliphatic heterocycles. The van der Waals surface area contributed by atoms with Gasteiger partial charge in [0.1, 0.15) is 11.3 Å². The monoisotopic (exact) mass is 259 g/mol. The van der Waals surface area contributed by atoms with Crippen molar-refractivity contribution in [1.82, 2.24) is 9.88 Å². The number of rotatable bonds is 3. The molecule has 1 aromatic heterocycles. The first-order valence-electron chi connectivity index (χ1n) is 6.08. The summed E-state index contributed by atoms with van der Waals surface area (Å²) in [5.41, 5.74) is 4.12. The van der Waals surface area contributed by atoms with E-state index in [1.54, 1.807) is 26.2 Å². The van der Waals surface area contributed by atoms with E-state index in [2.05, 4.69) is 10.3 Å². The van der Waals surface area contributed by atoms with Crippen molar-refractivity contribution in [3.05, 3.63) is 40.7 Å². The molecule has 0 aliphatic carbocycles. The first-order chi connectivity index (χ1) is 8.92. The molecule has 0 saturated heterocycles. The van der Waals surface area contributed by atoms with Crippen molar-refractivity contribution in [2.45, 2.75) is 20.8 Å². The second-order valence-electron chi connectivity index (χ2n) is 4.33. The molecule has 19 heavy (non-hydrogen) atoms. The third-order valence-electron chi connectivity index (χ3n) is 3.11. The molecule has 0 unspecified atom stereocenters. The average molecular weight is 259 g/mol. The molecule has 0 aliphatic rings. The van der Waals surface area contributed by atoms with Crippen LogP contribution in [0.3, 0.4) is 0 Å².